The molecule has 0 aliphatic carbocycles. The van der Waals surface area contributed by atoms with Crippen molar-refractivity contribution in [1.82, 2.24) is 9.29 Å². The van der Waals surface area contributed by atoms with Gasteiger partial charge in [-0.1, -0.05) is 35.9 Å². The van der Waals surface area contributed by atoms with Gasteiger partial charge in [0, 0.05) is 24.0 Å². The molecular weight excluding hydrogens is 506 g/mol. The zero-order valence-corrected chi connectivity index (χ0v) is 22.0. The van der Waals surface area contributed by atoms with E-state index in [1.807, 2.05) is 66.9 Å². The highest BCUT2D eigenvalue weighted by Crippen LogP contribution is 2.30. The first kappa shape index (κ1) is 25.1. The van der Waals surface area contributed by atoms with Crippen molar-refractivity contribution in [2.75, 3.05) is 18.4 Å². The molecule has 1 aliphatic heterocycles. The average molecular weight is 534 g/mol. The van der Waals surface area contributed by atoms with Gasteiger partial charge in [0.2, 0.25) is 15.9 Å². The van der Waals surface area contributed by atoms with Crippen LogP contribution >= 0.6 is 11.3 Å². The minimum Gasteiger partial charge on any atom is -0.457 e. The molecule has 2 heterocycles. The van der Waals surface area contributed by atoms with Crippen LogP contribution in [0.5, 0.6) is 11.5 Å². The molecule has 0 saturated carbocycles. The van der Waals surface area contributed by atoms with Gasteiger partial charge in [-0.05, 0) is 68.3 Å². The second-order valence-electron chi connectivity index (χ2n) is 8.98. The smallest absolute Gasteiger partial charge is 0.243 e. The maximum absolute atomic E-state index is 13.1. The Balaban J connectivity index is 1.21. The molecule has 1 saturated heterocycles. The van der Waals surface area contributed by atoms with Gasteiger partial charge in [-0.3, -0.25) is 4.79 Å². The summed E-state index contributed by atoms with van der Waals surface area (Å²) in [7, 11) is -3.64. The molecule has 1 fully saturated rings. The molecule has 1 N–H and O–H groups in total. The summed E-state index contributed by atoms with van der Waals surface area (Å²) >= 11 is 1.34. The highest BCUT2D eigenvalue weighted by Gasteiger charge is 2.33. The molecule has 9 heteroatoms. The number of amides is 1. The minimum absolute atomic E-state index is 0.156. The van der Waals surface area contributed by atoms with Crippen molar-refractivity contribution in [3.05, 3.63) is 89.8 Å². The Hall–Kier alpha value is -3.53. The van der Waals surface area contributed by atoms with Crippen molar-refractivity contribution < 1.29 is 17.9 Å². The average Bonchev–Trinajstić information content (AvgIpc) is 3.38. The van der Waals surface area contributed by atoms with E-state index in [1.165, 1.54) is 15.6 Å². The number of aromatic nitrogens is 1. The number of sulfonamides is 1. The first-order chi connectivity index (χ1) is 17.9. The summed E-state index contributed by atoms with van der Waals surface area (Å²) in [6.07, 6.45) is 1.26. The third-order valence-corrected chi connectivity index (χ3v) is 8.91. The van der Waals surface area contributed by atoms with E-state index in [0.717, 1.165) is 28.3 Å². The molecule has 1 atom stereocenters. The normalized spacial score (nSPS) is 16.3. The molecule has 5 rings (SSSR count). The van der Waals surface area contributed by atoms with Gasteiger partial charge in [0.15, 0.2) is 5.13 Å². The minimum atomic E-state index is -3.64. The Morgan fingerprint density at radius 1 is 1.00 bits per heavy atom. The lowest BCUT2D eigenvalue weighted by molar-refractivity contribution is -0.120. The highest BCUT2D eigenvalue weighted by atomic mass is 32.2. The van der Waals surface area contributed by atoms with Crippen molar-refractivity contribution in [2.45, 2.75) is 24.7 Å². The molecule has 1 aliphatic rings. The summed E-state index contributed by atoms with van der Waals surface area (Å²) in [5, 5.41) is 5.26. The Kier molecular flexibility index (Phi) is 7.36. The molecule has 37 heavy (non-hydrogen) atoms. The zero-order chi connectivity index (χ0) is 25.8. The summed E-state index contributed by atoms with van der Waals surface area (Å²) in [6, 6.07) is 24.0. The number of carbonyl (C=O) groups excluding carboxylic acids is 1. The Morgan fingerprint density at radius 3 is 2.43 bits per heavy atom. The van der Waals surface area contributed by atoms with Crippen LogP contribution in [0.25, 0.3) is 11.3 Å². The molecule has 4 aromatic rings. The van der Waals surface area contributed by atoms with Gasteiger partial charge in [0.05, 0.1) is 16.5 Å². The second-order valence-corrected chi connectivity index (χ2v) is 11.8. The fourth-order valence-electron chi connectivity index (χ4n) is 4.22. The number of hydrogen-bond donors (Lipinski definition) is 1. The molecule has 190 valence electrons. The number of thiazole rings is 1. The highest BCUT2D eigenvalue weighted by molar-refractivity contribution is 7.89. The predicted molar refractivity (Wildman–Crippen MR) is 145 cm³/mol. The fraction of sp³-hybridized carbons (Fsp3) is 0.214. The van der Waals surface area contributed by atoms with Crippen LogP contribution in [-0.2, 0) is 14.8 Å². The van der Waals surface area contributed by atoms with Gasteiger partial charge < -0.3 is 10.1 Å². The number of carbonyl (C=O) groups is 1. The third kappa shape index (κ3) is 5.90. The number of para-hydroxylation sites is 1. The lowest BCUT2D eigenvalue weighted by Crippen LogP contribution is -2.43. The monoisotopic (exact) mass is 533 g/mol. The van der Waals surface area contributed by atoms with Crippen LogP contribution in [0, 0.1) is 12.8 Å². The Bertz CT molecular complexity index is 1470. The second kappa shape index (κ2) is 10.8. The van der Waals surface area contributed by atoms with Crippen molar-refractivity contribution in [1.29, 1.82) is 0 Å². The molecular formula is C28H27N3O4S2. The van der Waals surface area contributed by atoms with Gasteiger partial charge in [0.1, 0.15) is 11.5 Å². The SMILES string of the molecule is Cc1ccc(S(=O)(=O)N2CCCC(C(=O)Nc3nc(-c4ccc(Oc5ccccc5)cc4)cs3)C2)cc1. The number of benzene rings is 3. The lowest BCUT2D eigenvalue weighted by Gasteiger charge is -2.31. The molecule has 0 radical (unpaired) electrons. The maximum Gasteiger partial charge on any atom is 0.243 e. The summed E-state index contributed by atoms with van der Waals surface area (Å²) in [4.78, 5) is 17.8. The van der Waals surface area contributed by atoms with Crippen molar-refractivity contribution in [3.63, 3.8) is 0 Å². The lowest BCUT2D eigenvalue weighted by atomic mass is 9.99. The number of piperidine rings is 1. The number of rotatable bonds is 7. The molecule has 1 amide bonds. The third-order valence-electron chi connectivity index (χ3n) is 6.28. The standard InChI is InChI=1S/C28H27N3O4S2/c1-20-9-15-25(16-10-20)37(33,34)31-17-5-6-22(18-31)27(32)30-28-29-26(19-36-28)21-11-13-24(14-12-21)35-23-7-3-2-4-8-23/h2-4,7-16,19,22H,5-6,17-18H2,1H3,(H,29,30,32). The Morgan fingerprint density at radius 2 is 1.70 bits per heavy atom. The number of nitrogens with zero attached hydrogens (tertiary/aromatic N) is 2. The van der Waals surface area contributed by atoms with Gasteiger partial charge >= 0.3 is 0 Å². The Labute approximate surface area is 220 Å². The van der Waals surface area contributed by atoms with Crippen LogP contribution in [0.15, 0.2) is 89.1 Å². The number of aryl methyl sites for hydroxylation is 1. The molecule has 1 unspecified atom stereocenters. The zero-order valence-electron chi connectivity index (χ0n) is 20.3. The topological polar surface area (TPSA) is 88.6 Å². The van der Waals surface area contributed by atoms with Crippen molar-refractivity contribution >= 4 is 32.4 Å². The van der Waals surface area contributed by atoms with Crippen LogP contribution < -0.4 is 10.1 Å². The van der Waals surface area contributed by atoms with E-state index in [1.54, 1.807) is 24.3 Å². The molecule has 0 bridgehead atoms. The molecule has 1 aromatic heterocycles. The van der Waals surface area contributed by atoms with Crippen LogP contribution in [0.4, 0.5) is 5.13 Å². The fourth-order valence-corrected chi connectivity index (χ4v) is 6.47. The van der Waals surface area contributed by atoms with Gasteiger partial charge in [-0.25, -0.2) is 13.4 Å². The molecule has 0 spiro atoms. The summed E-state index contributed by atoms with van der Waals surface area (Å²) in [5.74, 6) is 0.843. The van der Waals surface area contributed by atoms with E-state index in [-0.39, 0.29) is 17.3 Å². The molecule has 7 nitrogen and oxygen atoms in total. The number of anilines is 1. The van der Waals surface area contributed by atoms with Gasteiger partial charge in [0.25, 0.3) is 0 Å². The molecule has 3 aromatic carbocycles. The van der Waals surface area contributed by atoms with Gasteiger partial charge in [-0.15, -0.1) is 11.3 Å². The van der Waals surface area contributed by atoms with E-state index in [4.69, 9.17) is 4.74 Å². The van der Waals surface area contributed by atoms with E-state index in [0.29, 0.717) is 24.5 Å². The van der Waals surface area contributed by atoms with Crippen LogP contribution in [0.2, 0.25) is 0 Å². The van der Waals surface area contributed by atoms with Crippen molar-refractivity contribution in [2.24, 2.45) is 5.92 Å². The number of nitrogens with one attached hydrogen (secondary N) is 1. The van der Waals surface area contributed by atoms with Crippen LogP contribution in [0.3, 0.4) is 0 Å². The summed E-state index contributed by atoms with van der Waals surface area (Å²) in [5.41, 5.74) is 2.65. The van der Waals surface area contributed by atoms with E-state index >= 15 is 0 Å². The first-order valence-electron chi connectivity index (χ1n) is 12.0. The predicted octanol–water partition coefficient (Wildman–Crippen LogP) is 5.95. The van der Waals surface area contributed by atoms with Gasteiger partial charge in [-0.2, -0.15) is 4.31 Å². The summed E-state index contributed by atoms with van der Waals surface area (Å²) < 4.78 is 33.4. The van der Waals surface area contributed by atoms with E-state index in [9.17, 15) is 13.2 Å². The first-order valence-corrected chi connectivity index (χ1v) is 14.4. The van der Waals surface area contributed by atoms with E-state index in [2.05, 4.69) is 10.3 Å². The summed E-state index contributed by atoms with van der Waals surface area (Å²) in [6.45, 7) is 2.48. The van der Waals surface area contributed by atoms with Crippen LogP contribution in [0.1, 0.15) is 18.4 Å². The maximum atomic E-state index is 13.1. The number of ether oxygens (including phenoxy) is 1. The van der Waals surface area contributed by atoms with E-state index < -0.39 is 15.9 Å². The quantitative estimate of drug-likeness (QED) is 0.317. The van der Waals surface area contributed by atoms with Crippen LogP contribution in [-0.4, -0.2) is 36.7 Å². The largest absolute Gasteiger partial charge is 0.457 e. The number of hydrogen-bond acceptors (Lipinski definition) is 6. The van der Waals surface area contributed by atoms with Crippen molar-refractivity contribution in [3.8, 4) is 22.8 Å².